The Morgan fingerprint density at radius 3 is 2.50 bits per heavy atom. The van der Waals surface area contributed by atoms with Gasteiger partial charge in [-0.3, -0.25) is 0 Å². The molecule has 0 spiro atoms. The topological polar surface area (TPSA) is 35.4 Å². The molecule has 1 aromatic rings. The summed E-state index contributed by atoms with van der Waals surface area (Å²) >= 11 is 4.28. The standard InChI is InChI=1S/C14H16ClF2NOS/c1-13(2,3)20(19)18-12(14(17)7-8-14)9-5-4-6-10(16)11(9)15/h4-6H,7-8H2,1-3H3/b18-12+. The summed E-state index contributed by atoms with van der Waals surface area (Å²) in [4.78, 5) is 0. The highest BCUT2D eigenvalue weighted by molar-refractivity contribution is 7.91. The van der Waals surface area contributed by atoms with Crippen LogP contribution < -0.4 is 0 Å². The molecular formula is C14H16ClF2NOS. The third-order valence-corrected chi connectivity index (χ3v) is 4.80. The Hall–Kier alpha value is -0.650. The molecule has 1 unspecified atom stereocenters. The Labute approximate surface area is 125 Å². The lowest BCUT2D eigenvalue weighted by Crippen LogP contribution is -2.30. The molecule has 1 atom stereocenters. The molecule has 6 heteroatoms. The van der Waals surface area contributed by atoms with Gasteiger partial charge in [-0.1, -0.05) is 28.1 Å². The van der Waals surface area contributed by atoms with Crippen LogP contribution in [0.25, 0.3) is 0 Å². The number of hydrogen-bond donors (Lipinski definition) is 0. The molecule has 0 bridgehead atoms. The third-order valence-electron chi connectivity index (χ3n) is 3.02. The van der Waals surface area contributed by atoms with E-state index in [-0.39, 0.29) is 16.3 Å². The number of halogens is 3. The summed E-state index contributed by atoms with van der Waals surface area (Å²) < 4.78 is 43.5. The fraction of sp³-hybridized carbons (Fsp3) is 0.500. The SMILES string of the molecule is CC(C)(C)[S+]([O-])/N=C(\c1cccc(F)c1Cl)C1(F)CC1. The molecule has 0 saturated heterocycles. The van der Waals surface area contributed by atoms with Crippen molar-refractivity contribution in [3.05, 3.63) is 34.6 Å². The van der Waals surface area contributed by atoms with E-state index >= 15 is 0 Å². The summed E-state index contributed by atoms with van der Waals surface area (Å²) in [6.45, 7) is 5.24. The third kappa shape index (κ3) is 3.15. The van der Waals surface area contributed by atoms with Crippen molar-refractivity contribution in [3.8, 4) is 0 Å². The summed E-state index contributed by atoms with van der Waals surface area (Å²) in [5.41, 5.74) is -1.46. The minimum Gasteiger partial charge on any atom is -0.591 e. The molecule has 1 aromatic carbocycles. The maximum atomic E-state index is 14.5. The van der Waals surface area contributed by atoms with Crippen LogP contribution in [0.2, 0.25) is 5.02 Å². The van der Waals surface area contributed by atoms with Crippen LogP contribution in [-0.4, -0.2) is 20.7 Å². The second-order valence-electron chi connectivity index (χ2n) is 5.87. The minimum absolute atomic E-state index is 0.00439. The number of nitrogens with zero attached hydrogens (tertiary/aromatic N) is 1. The molecule has 0 aromatic heterocycles. The molecule has 1 aliphatic rings. The predicted molar refractivity (Wildman–Crippen MR) is 78.9 cm³/mol. The van der Waals surface area contributed by atoms with Gasteiger partial charge in [0, 0.05) is 5.56 Å². The first-order chi connectivity index (χ1) is 9.15. The van der Waals surface area contributed by atoms with Crippen molar-refractivity contribution >= 4 is 28.7 Å². The summed E-state index contributed by atoms with van der Waals surface area (Å²) in [6, 6.07) is 4.14. The lowest BCUT2D eigenvalue weighted by molar-refractivity contribution is 0.407. The van der Waals surface area contributed by atoms with Crippen LogP contribution in [0, 0.1) is 5.82 Å². The van der Waals surface area contributed by atoms with E-state index in [0.717, 1.165) is 0 Å². The van der Waals surface area contributed by atoms with Crippen LogP contribution in [0.15, 0.2) is 22.6 Å². The number of alkyl halides is 1. The average Bonchev–Trinajstić information content (AvgIpc) is 3.08. The lowest BCUT2D eigenvalue weighted by atomic mass is 10.0. The van der Waals surface area contributed by atoms with Crippen LogP contribution in [0.4, 0.5) is 8.78 Å². The van der Waals surface area contributed by atoms with Gasteiger partial charge in [-0.05, 0) is 39.7 Å². The summed E-state index contributed by atoms with van der Waals surface area (Å²) in [7, 11) is 0. The first-order valence-corrected chi connectivity index (χ1v) is 7.78. The Morgan fingerprint density at radius 2 is 2.00 bits per heavy atom. The zero-order valence-corrected chi connectivity index (χ0v) is 13.1. The normalized spacial score (nSPS) is 19.9. The zero-order chi connectivity index (χ0) is 15.1. The van der Waals surface area contributed by atoms with E-state index in [0.29, 0.717) is 12.8 Å². The van der Waals surface area contributed by atoms with Crippen molar-refractivity contribution in [1.29, 1.82) is 0 Å². The molecule has 1 fully saturated rings. The average molecular weight is 320 g/mol. The van der Waals surface area contributed by atoms with E-state index in [1.807, 2.05) is 0 Å². The van der Waals surface area contributed by atoms with Gasteiger partial charge in [0.25, 0.3) is 0 Å². The van der Waals surface area contributed by atoms with Crippen LogP contribution in [-0.2, 0) is 11.4 Å². The van der Waals surface area contributed by atoms with Gasteiger partial charge in [-0.15, -0.1) is 0 Å². The second kappa shape index (κ2) is 5.28. The quantitative estimate of drug-likeness (QED) is 0.606. The molecular weight excluding hydrogens is 304 g/mol. The highest BCUT2D eigenvalue weighted by atomic mass is 35.5. The summed E-state index contributed by atoms with van der Waals surface area (Å²) in [5, 5.41) is -0.180. The molecule has 0 amide bonds. The number of hydrogen-bond acceptors (Lipinski definition) is 2. The van der Waals surface area contributed by atoms with Gasteiger partial charge in [0.2, 0.25) is 0 Å². The Bertz CT molecular complexity index is 553. The van der Waals surface area contributed by atoms with Gasteiger partial charge in [0.05, 0.1) is 5.02 Å². The zero-order valence-electron chi connectivity index (χ0n) is 11.5. The predicted octanol–water partition coefficient (Wildman–Crippen LogP) is 4.23. The van der Waals surface area contributed by atoms with E-state index < -0.39 is 27.6 Å². The molecule has 110 valence electrons. The van der Waals surface area contributed by atoms with Gasteiger partial charge in [-0.2, -0.15) is 0 Å². The van der Waals surface area contributed by atoms with Gasteiger partial charge in [0.1, 0.15) is 27.6 Å². The first kappa shape index (κ1) is 15.7. The van der Waals surface area contributed by atoms with Gasteiger partial charge in [0.15, 0.2) is 5.67 Å². The van der Waals surface area contributed by atoms with E-state index in [2.05, 4.69) is 4.40 Å². The van der Waals surface area contributed by atoms with Gasteiger partial charge < -0.3 is 4.55 Å². The van der Waals surface area contributed by atoms with Gasteiger partial charge >= 0.3 is 0 Å². The molecule has 0 heterocycles. The molecule has 1 saturated carbocycles. The van der Waals surface area contributed by atoms with Crippen molar-refractivity contribution < 1.29 is 13.3 Å². The monoisotopic (exact) mass is 319 g/mol. The summed E-state index contributed by atoms with van der Waals surface area (Å²) in [5.74, 6) is -0.636. The van der Waals surface area contributed by atoms with Crippen molar-refractivity contribution in [1.82, 2.24) is 0 Å². The van der Waals surface area contributed by atoms with Gasteiger partial charge in [-0.25, -0.2) is 8.78 Å². The van der Waals surface area contributed by atoms with Crippen LogP contribution >= 0.6 is 11.6 Å². The first-order valence-electron chi connectivity index (χ1n) is 6.30. The van der Waals surface area contributed by atoms with Crippen molar-refractivity contribution in [3.63, 3.8) is 0 Å². The highest BCUT2D eigenvalue weighted by Gasteiger charge is 2.51. The molecule has 0 N–H and O–H groups in total. The van der Waals surface area contributed by atoms with E-state index in [1.165, 1.54) is 18.2 Å². The van der Waals surface area contributed by atoms with Crippen molar-refractivity contribution in [2.24, 2.45) is 4.40 Å². The fourth-order valence-corrected chi connectivity index (χ4v) is 2.54. The molecule has 1 aliphatic carbocycles. The van der Waals surface area contributed by atoms with E-state index in [9.17, 15) is 13.3 Å². The maximum absolute atomic E-state index is 14.5. The molecule has 2 rings (SSSR count). The Kier molecular flexibility index (Phi) is 4.15. The molecule has 2 nitrogen and oxygen atoms in total. The Balaban J connectivity index is 2.50. The van der Waals surface area contributed by atoms with Crippen molar-refractivity contribution in [2.45, 2.75) is 44.0 Å². The Morgan fingerprint density at radius 1 is 1.40 bits per heavy atom. The second-order valence-corrected chi connectivity index (χ2v) is 8.15. The largest absolute Gasteiger partial charge is 0.591 e. The summed E-state index contributed by atoms with van der Waals surface area (Å²) in [6.07, 6.45) is 0.583. The van der Waals surface area contributed by atoms with E-state index in [1.54, 1.807) is 20.8 Å². The van der Waals surface area contributed by atoms with Crippen LogP contribution in [0.1, 0.15) is 39.2 Å². The molecule has 0 radical (unpaired) electrons. The highest BCUT2D eigenvalue weighted by Crippen LogP contribution is 2.45. The molecule has 20 heavy (non-hydrogen) atoms. The van der Waals surface area contributed by atoms with Crippen LogP contribution in [0.3, 0.4) is 0 Å². The van der Waals surface area contributed by atoms with Crippen molar-refractivity contribution in [2.75, 3.05) is 0 Å². The smallest absolute Gasteiger partial charge is 0.158 e. The van der Waals surface area contributed by atoms with E-state index in [4.69, 9.17) is 11.6 Å². The fourth-order valence-electron chi connectivity index (χ4n) is 1.63. The maximum Gasteiger partial charge on any atom is 0.158 e. The van der Waals surface area contributed by atoms with Crippen LogP contribution in [0.5, 0.6) is 0 Å². The number of benzene rings is 1. The lowest BCUT2D eigenvalue weighted by Gasteiger charge is -2.20. The minimum atomic E-state index is -1.64. The number of rotatable bonds is 3. The molecule has 0 aliphatic heterocycles.